The van der Waals surface area contributed by atoms with Crippen LogP contribution in [0.5, 0.6) is 11.5 Å². The summed E-state index contributed by atoms with van der Waals surface area (Å²) in [5.41, 5.74) is 3.09. The van der Waals surface area contributed by atoms with Gasteiger partial charge in [0.2, 0.25) is 0 Å². The number of pyridine rings is 1. The summed E-state index contributed by atoms with van der Waals surface area (Å²) >= 11 is 0. The van der Waals surface area contributed by atoms with Gasteiger partial charge in [0.1, 0.15) is 17.6 Å². The molecule has 8 nitrogen and oxygen atoms in total. The Morgan fingerprint density at radius 3 is 2.58 bits per heavy atom. The van der Waals surface area contributed by atoms with Crippen molar-refractivity contribution < 1.29 is 9.47 Å². The molecule has 8 heteroatoms. The number of ether oxygens (including phenoxy) is 2. The third-order valence-corrected chi connectivity index (χ3v) is 4.65. The second-order valence-corrected chi connectivity index (χ2v) is 7.28. The predicted molar refractivity (Wildman–Crippen MR) is 122 cm³/mol. The third-order valence-electron chi connectivity index (χ3n) is 4.65. The Morgan fingerprint density at radius 1 is 1.13 bits per heavy atom. The molecule has 2 aromatic heterocycles. The number of benzene rings is 1. The topological polar surface area (TPSA) is 85.6 Å². The molecule has 0 aliphatic heterocycles. The van der Waals surface area contributed by atoms with Gasteiger partial charge in [-0.05, 0) is 50.6 Å². The van der Waals surface area contributed by atoms with E-state index in [2.05, 4.69) is 25.7 Å². The first kappa shape index (κ1) is 22.1. The van der Waals surface area contributed by atoms with Gasteiger partial charge in [0.15, 0.2) is 11.8 Å². The van der Waals surface area contributed by atoms with Gasteiger partial charge in [-0.15, -0.1) is 0 Å². The molecule has 0 aliphatic rings. The zero-order valence-electron chi connectivity index (χ0n) is 18.7. The van der Waals surface area contributed by atoms with Crippen LogP contribution in [-0.2, 0) is 6.54 Å². The lowest BCUT2D eigenvalue weighted by Crippen LogP contribution is -2.41. The molecule has 0 saturated heterocycles. The van der Waals surface area contributed by atoms with Crippen molar-refractivity contribution in [1.29, 1.82) is 0 Å². The number of aliphatic imine (C=N–C) groups is 1. The average molecular weight is 423 g/mol. The minimum absolute atomic E-state index is 0.0487. The standard InChI is InChI=1S/C23H30N6O2/c1-16-11-17(2)29(28-16)22-10-9-19(14-25-22)15-27-23(24-4)26-13-18(3)31-21-8-6-7-20(12-21)30-5/h6-12,14,18H,13,15H2,1-5H3,(H2,24,26,27). The van der Waals surface area contributed by atoms with E-state index in [0.717, 1.165) is 34.3 Å². The fraction of sp³-hybridized carbons (Fsp3) is 0.348. The molecule has 0 amide bonds. The minimum atomic E-state index is -0.0487. The van der Waals surface area contributed by atoms with Crippen LogP contribution in [0.25, 0.3) is 5.82 Å². The van der Waals surface area contributed by atoms with E-state index in [0.29, 0.717) is 19.0 Å². The van der Waals surface area contributed by atoms with E-state index in [1.165, 1.54) is 0 Å². The molecule has 3 rings (SSSR count). The van der Waals surface area contributed by atoms with E-state index in [-0.39, 0.29) is 6.10 Å². The molecule has 0 bridgehead atoms. The fourth-order valence-electron chi connectivity index (χ4n) is 3.10. The van der Waals surface area contributed by atoms with E-state index >= 15 is 0 Å². The maximum Gasteiger partial charge on any atom is 0.191 e. The molecule has 1 atom stereocenters. The summed E-state index contributed by atoms with van der Waals surface area (Å²) in [6.45, 7) is 7.21. The summed E-state index contributed by atoms with van der Waals surface area (Å²) in [4.78, 5) is 8.81. The highest BCUT2D eigenvalue weighted by Gasteiger charge is 2.08. The van der Waals surface area contributed by atoms with Crippen LogP contribution in [0.3, 0.4) is 0 Å². The van der Waals surface area contributed by atoms with Gasteiger partial charge in [-0.25, -0.2) is 9.67 Å². The van der Waals surface area contributed by atoms with E-state index < -0.39 is 0 Å². The second kappa shape index (κ2) is 10.5. The molecule has 2 N–H and O–H groups in total. The van der Waals surface area contributed by atoms with Crippen LogP contribution >= 0.6 is 0 Å². The molecule has 0 aliphatic carbocycles. The van der Waals surface area contributed by atoms with E-state index in [1.807, 2.05) is 74.1 Å². The molecule has 0 saturated carbocycles. The van der Waals surface area contributed by atoms with Crippen molar-refractivity contribution in [2.24, 2.45) is 4.99 Å². The molecular formula is C23H30N6O2. The van der Waals surface area contributed by atoms with Gasteiger partial charge >= 0.3 is 0 Å². The number of nitrogens with zero attached hydrogens (tertiary/aromatic N) is 4. The monoisotopic (exact) mass is 422 g/mol. The van der Waals surface area contributed by atoms with Crippen molar-refractivity contribution >= 4 is 5.96 Å². The van der Waals surface area contributed by atoms with Gasteiger partial charge in [-0.3, -0.25) is 4.99 Å². The Hall–Kier alpha value is -3.55. The predicted octanol–water partition coefficient (Wildman–Crippen LogP) is 3.03. The zero-order chi connectivity index (χ0) is 22.2. The first-order valence-corrected chi connectivity index (χ1v) is 10.2. The Balaban J connectivity index is 1.48. The summed E-state index contributed by atoms with van der Waals surface area (Å²) < 4.78 is 13.0. The van der Waals surface area contributed by atoms with Crippen molar-refractivity contribution in [1.82, 2.24) is 25.4 Å². The molecule has 1 aromatic carbocycles. The molecule has 2 heterocycles. The lowest BCUT2D eigenvalue weighted by molar-refractivity contribution is 0.223. The number of guanidine groups is 1. The number of aryl methyl sites for hydroxylation is 2. The molecule has 0 spiro atoms. The summed E-state index contributed by atoms with van der Waals surface area (Å²) in [6, 6.07) is 13.6. The van der Waals surface area contributed by atoms with Crippen molar-refractivity contribution in [3.8, 4) is 17.3 Å². The number of hydrogen-bond acceptors (Lipinski definition) is 5. The van der Waals surface area contributed by atoms with Crippen LogP contribution in [-0.4, -0.2) is 47.5 Å². The Labute approximate surface area is 183 Å². The van der Waals surface area contributed by atoms with Crippen molar-refractivity contribution in [3.05, 3.63) is 65.6 Å². The largest absolute Gasteiger partial charge is 0.497 e. The molecule has 31 heavy (non-hydrogen) atoms. The highest BCUT2D eigenvalue weighted by molar-refractivity contribution is 5.79. The van der Waals surface area contributed by atoms with E-state index in [4.69, 9.17) is 9.47 Å². The maximum atomic E-state index is 5.94. The fourth-order valence-corrected chi connectivity index (χ4v) is 3.10. The van der Waals surface area contributed by atoms with Gasteiger partial charge in [-0.2, -0.15) is 5.10 Å². The number of rotatable bonds is 8. The van der Waals surface area contributed by atoms with Crippen LogP contribution in [0, 0.1) is 13.8 Å². The minimum Gasteiger partial charge on any atom is -0.497 e. The third kappa shape index (κ3) is 6.21. The first-order chi connectivity index (χ1) is 15.0. The van der Waals surface area contributed by atoms with Gasteiger partial charge in [0.25, 0.3) is 0 Å². The van der Waals surface area contributed by atoms with Gasteiger partial charge < -0.3 is 20.1 Å². The summed E-state index contributed by atoms with van der Waals surface area (Å²) in [5, 5.41) is 11.1. The maximum absolute atomic E-state index is 5.94. The molecule has 3 aromatic rings. The second-order valence-electron chi connectivity index (χ2n) is 7.28. The Bertz CT molecular complexity index is 1010. The number of hydrogen-bond donors (Lipinski definition) is 2. The van der Waals surface area contributed by atoms with Crippen molar-refractivity contribution in [2.75, 3.05) is 20.7 Å². The zero-order valence-corrected chi connectivity index (χ0v) is 18.7. The molecular weight excluding hydrogens is 392 g/mol. The molecule has 0 radical (unpaired) electrons. The van der Waals surface area contributed by atoms with Gasteiger partial charge in [0, 0.05) is 31.5 Å². The van der Waals surface area contributed by atoms with Crippen LogP contribution in [0.2, 0.25) is 0 Å². The normalized spacial score (nSPS) is 12.4. The van der Waals surface area contributed by atoms with Crippen molar-refractivity contribution in [3.63, 3.8) is 0 Å². The lowest BCUT2D eigenvalue weighted by Gasteiger charge is -2.18. The van der Waals surface area contributed by atoms with Crippen LogP contribution in [0.15, 0.2) is 53.7 Å². The van der Waals surface area contributed by atoms with Crippen LogP contribution in [0.1, 0.15) is 23.9 Å². The quantitative estimate of drug-likeness (QED) is 0.429. The summed E-state index contributed by atoms with van der Waals surface area (Å²) in [7, 11) is 3.38. The summed E-state index contributed by atoms with van der Waals surface area (Å²) in [5.74, 6) is 3.04. The average Bonchev–Trinajstić information content (AvgIpc) is 3.12. The van der Waals surface area contributed by atoms with Crippen LogP contribution < -0.4 is 20.1 Å². The molecule has 0 fully saturated rings. The van der Waals surface area contributed by atoms with Crippen LogP contribution in [0.4, 0.5) is 0 Å². The van der Waals surface area contributed by atoms with Gasteiger partial charge in [0.05, 0.1) is 19.3 Å². The SMILES string of the molecule is CN=C(NCc1ccc(-n2nc(C)cc2C)nc1)NCC(C)Oc1cccc(OC)c1. The Kier molecular flexibility index (Phi) is 7.48. The lowest BCUT2D eigenvalue weighted by atomic mass is 10.3. The number of methoxy groups -OCH3 is 1. The van der Waals surface area contributed by atoms with E-state index in [1.54, 1.807) is 14.2 Å². The highest BCUT2D eigenvalue weighted by Crippen LogP contribution is 2.19. The first-order valence-electron chi connectivity index (χ1n) is 10.2. The molecule has 1 unspecified atom stereocenters. The van der Waals surface area contributed by atoms with Crippen molar-refractivity contribution in [2.45, 2.75) is 33.4 Å². The molecule has 164 valence electrons. The number of nitrogens with one attached hydrogen (secondary N) is 2. The highest BCUT2D eigenvalue weighted by atomic mass is 16.5. The smallest absolute Gasteiger partial charge is 0.191 e. The van der Waals surface area contributed by atoms with E-state index in [9.17, 15) is 0 Å². The Morgan fingerprint density at radius 2 is 1.94 bits per heavy atom. The number of aromatic nitrogens is 3. The van der Waals surface area contributed by atoms with Gasteiger partial charge in [-0.1, -0.05) is 12.1 Å². The summed E-state index contributed by atoms with van der Waals surface area (Å²) in [6.07, 6.45) is 1.80.